The van der Waals surface area contributed by atoms with E-state index in [0.717, 1.165) is 0 Å². The summed E-state index contributed by atoms with van der Waals surface area (Å²) in [5, 5.41) is 12.3. The molecule has 0 amide bonds. The number of nitrogens with zero attached hydrogens (tertiary/aromatic N) is 3. The molecule has 10 heteroatoms. The number of aromatic nitrogens is 3. The quantitative estimate of drug-likeness (QED) is 0.440. The van der Waals surface area contributed by atoms with Crippen LogP contribution in [-0.2, 0) is 0 Å². The number of H-pyrrole nitrogens is 1. The van der Waals surface area contributed by atoms with Gasteiger partial charge in [0.2, 0.25) is 10.5 Å². The number of halogens is 2. The average Bonchev–Trinajstić information content (AvgIpc) is 3.05. The lowest BCUT2D eigenvalue weighted by atomic mass is 10.2. The van der Waals surface area contributed by atoms with Gasteiger partial charge < -0.3 is 14.2 Å². The Morgan fingerprint density at radius 3 is 2.46 bits per heavy atom. The van der Waals surface area contributed by atoms with Gasteiger partial charge in [-0.1, -0.05) is 23.2 Å². The summed E-state index contributed by atoms with van der Waals surface area (Å²) < 4.78 is 17.9. The summed E-state index contributed by atoms with van der Waals surface area (Å²) in [4.78, 5) is 0. The number of hydrogen-bond acceptors (Lipinski definition) is 6. The van der Waals surface area contributed by atoms with E-state index in [1.54, 1.807) is 43.7 Å². The summed E-state index contributed by atoms with van der Waals surface area (Å²) >= 11 is 17.6. The van der Waals surface area contributed by atoms with Crippen molar-refractivity contribution in [2.45, 2.75) is 0 Å². The van der Waals surface area contributed by atoms with Gasteiger partial charge in [-0.15, -0.1) is 0 Å². The lowest BCUT2D eigenvalue weighted by Gasteiger charge is -2.13. The molecule has 0 fully saturated rings. The number of aromatic amines is 1. The fraction of sp³-hybridized carbons (Fsp3) is 0.167. The van der Waals surface area contributed by atoms with Crippen LogP contribution in [0.1, 0.15) is 5.56 Å². The van der Waals surface area contributed by atoms with Crippen LogP contribution in [0.5, 0.6) is 17.2 Å². The maximum atomic E-state index is 6.30. The Morgan fingerprint density at radius 2 is 1.82 bits per heavy atom. The Balaban J connectivity index is 2.07. The third kappa shape index (κ3) is 3.84. The second-order valence-corrected chi connectivity index (χ2v) is 6.69. The van der Waals surface area contributed by atoms with Crippen LogP contribution in [0.15, 0.2) is 35.4 Å². The van der Waals surface area contributed by atoms with Crippen LogP contribution in [0.3, 0.4) is 0 Å². The molecule has 1 heterocycles. The second-order valence-electron chi connectivity index (χ2n) is 5.46. The van der Waals surface area contributed by atoms with Crippen LogP contribution in [0.4, 0.5) is 0 Å². The van der Waals surface area contributed by atoms with Crippen molar-refractivity contribution < 1.29 is 14.2 Å². The highest BCUT2D eigenvalue weighted by Crippen LogP contribution is 2.39. The van der Waals surface area contributed by atoms with Crippen molar-refractivity contribution >= 4 is 41.6 Å². The van der Waals surface area contributed by atoms with Crippen molar-refractivity contribution in [1.82, 2.24) is 14.9 Å². The molecule has 2 aromatic carbocycles. The third-order valence-electron chi connectivity index (χ3n) is 3.87. The van der Waals surface area contributed by atoms with E-state index in [0.29, 0.717) is 49.0 Å². The minimum atomic E-state index is 0.303. The fourth-order valence-electron chi connectivity index (χ4n) is 2.59. The Labute approximate surface area is 176 Å². The predicted octanol–water partition coefficient (Wildman–Crippen LogP) is 4.82. The molecule has 3 aromatic rings. The lowest BCUT2D eigenvalue weighted by molar-refractivity contribution is 0.324. The summed E-state index contributed by atoms with van der Waals surface area (Å²) in [6.07, 6.45) is 1.58. The van der Waals surface area contributed by atoms with Crippen LogP contribution in [0.2, 0.25) is 10.0 Å². The first-order valence-corrected chi connectivity index (χ1v) is 9.12. The van der Waals surface area contributed by atoms with Gasteiger partial charge in [-0.05, 0) is 42.5 Å². The van der Waals surface area contributed by atoms with Crippen LogP contribution in [-0.4, -0.2) is 42.4 Å². The molecule has 1 aromatic heterocycles. The van der Waals surface area contributed by atoms with E-state index in [2.05, 4.69) is 15.3 Å². The first-order valence-electron chi connectivity index (χ1n) is 7.96. The van der Waals surface area contributed by atoms with E-state index in [4.69, 9.17) is 49.6 Å². The van der Waals surface area contributed by atoms with E-state index in [1.165, 1.54) is 18.9 Å². The molecule has 1 N–H and O–H groups in total. The van der Waals surface area contributed by atoms with Crippen LogP contribution in [0, 0.1) is 4.77 Å². The van der Waals surface area contributed by atoms with Gasteiger partial charge in [-0.25, -0.2) is 5.10 Å². The molecular formula is C18H16Cl2N4O3S. The van der Waals surface area contributed by atoms with E-state index in [-0.39, 0.29) is 0 Å². The first kappa shape index (κ1) is 20.2. The molecule has 0 saturated carbocycles. The predicted molar refractivity (Wildman–Crippen MR) is 112 cm³/mol. The molecule has 0 atom stereocenters. The van der Waals surface area contributed by atoms with Gasteiger partial charge in [0.25, 0.3) is 0 Å². The molecule has 7 nitrogen and oxygen atoms in total. The van der Waals surface area contributed by atoms with Gasteiger partial charge in [-0.3, -0.25) is 0 Å². The summed E-state index contributed by atoms with van der Waals surface area (Å²) in [5.74, 6) is 1.94. The molecule has 0 aliphatic rings. The lowest BCUT2D eigenvalue weighted by Crippen LogP contribution is -2.00. The molecule has 0 spiro atoms. The van der Waals surface area contributed by atoms with Crippen molar-refractivity contribution in [1.29, 1.82) is 0 Å². The second kappa shape index (κ2) is 8.64. The largest absolute Gasteiger partial charge is 0.493 e. The molecule has 0 unspecified atom stereocenters. The topological polar surface area (TPSA) is 73.7 Å². The zero-order chi connectivity index (χ0) is 20.3. The van der Waals surface area contributed by atoms with E-state index >= 15 is 0 Å². The molecule has 28 heavy (non-hydrogen) atoms. The Hall–Kier alpha value is -2.55. The number of nitrogens with one attached hydrogen (secondary N) is 1. The molecular weight excluding hydrogens is 423 g/mol. The van der Waals surface area contributed by atoms with E-state index in [9.17, 15) is 0 Å². The van der Waals surface area contributed by atoms with Gasteiger partial charge in [0.1, 0.15) is 0 Å². The number of ether oxygens (including phenoxy) is 3. The number of methoxy groups -OCH3 is 3. The summed E-state index contributed by atoms with van der Waals surface area (Å²) in [5.41, 5.74) is 1.30. The molecule has 146 valence electrons. The maximum absolute atomic E-state index is 6.30. The Kier molecular flexibility index (Phi) is 6.23. The van der Waals surface area contributed by atoms with Crippen molar-refractivity contribution in [3.8, 4) is 28.6 Å². The Bertz CT molecular complexity index is 1090. The standard InChI is InChI=1S/C18H16Cl2N4O3S/c1-25-14-7-4-10(15(26-2)16(14)27-3)9-21-24-17(22-23-18(24)28)12-6-5-11(19)8-13(12)20/h4-9H,1-3H3,(H,23,28)/b21-9+. The molecule has 3 rings (SSSR count). The van der Waals surface area contributed by atoms with Crippen LogP contribution < -0.4 is 14.2 Å². The van der Waals surface area contributed by atoms with Gasteiger partial charge in [-0.2, -0.15) is 14.9 Å². The Morgan fingerprint density at radius 1 is 1.07 bits per heavy atom. The van der Waals surface area contributed by atoms with Gasteiger partial charge in [0, 0.05) is 16.1 Å². The smallest absolute Gasteiger partial charge is 0.216 e. The number of rotatable bonds is 6. The van der Waals surface area contributed by atoms with Crippen LogP contribution in [0.25, 0.3) is 11.4 Å². The zero-order valence-corrected chi connectivity index (χ0v) is 17.5. The fourth-order valence-corrected chi connectivity index (χ4v) is 3.26. The highest BCUT2D eigenvalue weighted by atomic mass is 35.5. The van der Waals surface area contributed by atoms with Crippen LogP contribution >= 0.6 is 35.4 Å². The number of hydrogen-bond donors (Lipinski definition) is 1. The highest BCUT2D eigenvalue weighted by molar-refractivity contribution is 7.71. The van der Waals surface area contributed by atoms with E-state index < -0.39 is 0 Å². The number of benzene rings is 2. The normalized spacial score (nSPS) is 11.0. The minimum Gasteiger partial charge on any atom is -0.493 e. The first-order chi connectivity index (χ1) is 13.5. The summed E-state index contributed by atoms with van der Waals surface area (Å²) in [6, 6.07) is 8.64. The van der Waals surface area contributed by atoms with Crippen molar-refractivity contribution in [3.05, 3.63) is 50.7 Å². The van der Waals surface area contributed by atoms with E-state index in [1.807, 2.05) is 0 Å². The molecule has 0 aliphatic heterocycles. The SMILES string of the molecule is COc1ccc(/C=N/n2c(-c3ccc(Cl)cc3Cl)n[nH]c2=S)c(OC)c1OC. The zero-order valence-electron chi connectivity index (χ0n) is 15.2. The molecule has 0 saturated heterocycles. The van der Waals surface area contributed by atoms with Crippen molar-refractivity contribution in [3.63, 3.8) is 0 Å². The average molecular weight is 439 g/mol. The highest BCUT2D eigenvalue weighted by Gasteiger charge is 2.16. The molecule has 0 bridgehead atoms. The maximum Gasteiger partial charge on any atom is 0.216 e. The third-order valence-corrected chi connectivity index (χ3v) is 4.68. The van der Waals surface area contributed by atoms with Gasteiger partial charge in [0.15, 0.2) is 17.3 Å². The molecule has 0 radical (unpaired) electrons. The van der Waals surface area contributed by atoms with Gasteiger partial charge >= 0.3 is 0 Å². The monoisotopic (exact) mass is 438 g/mol. The van der Waals surface area contributed by atoms with Crippen molar-refractivity contribution in [2.75, 3.05) is 21.3 Å². The van der Waals surface area contributed by atoms with Crippen molar-refractivity contribution in [2.24, 2.45) is 5.10 Å². The van der Waals surface area contributed by atoms with Gasteiger partial charge in [0.05, 0.1) is 32.6 Å². The summed E-state index contributed by atoms with van der Waals surface area (Å²) in [6.45, 7) is 0. The molecule has 0 aliphatic carbocycles. The summed E-state index contributed by atoms with van der Waals surface area (Å²) in [7, 11) is 4.63. The minimum absolute atomic E-state index is 0.303.